The summed E-state index contributed by atoms with van der Waals surface area (Å²) in [5.41, 5.74) is 4.42. The minimum atomic E-state index is 0.385. The van der Waals surface area contributed by atoms with E-state index >= 15 is 0 Å². The monoisotopic (exact) mass is 488 g/mol. The number of unbranched alkanes of at least 4 members (excludes halogenated alkanes) is 6. The van der Waals surface area contributed by atoms with Gasteiger partial charge in [-0.3, -0.25) is 0 Å². The molecule has 3 heteroatoms. The van der Waals surface area contributed by atoms with Crippen LogP contribution in [0.25, 0.3) is 0 Å². The van der Waals surface area contributed by atoms with Crippen LogP contribution in [0.3, 0.4) is 0 Å². The molecule has 4 rings (SSSR count). The molecule has 1 fully saturated rings. The van der Waals surface area contributed by atoms with Crippen molar-refractivity contribution in [1.82, 2.24) is 9.80 Å². The number of nitrogens with zero attached hydrogens (tertiary/aromatic N) is 2. The van der Waals surface area contributed by atoms with Crippen LogP contribution in [0.2, 0.25) is 0 Å². The van der Waals surface area contributed by atoms with Crippen LogP contribution in [-0.2, 0) is 11.2 Å². The summed E-state index contributed by atoms with van der Waals surface area (Å²) in [4.78, 5) is 5.20. The molecule has 3 unspecified atom stereocenters. The van der Waals surface area contributed by atoms with E-state index in [1.807, 2.05) is 0 Å². The topological polar surface area (TPSA) is 15.7 Å². The molecular weight excluding hydrogens is 440 g/mol. The van der Waals surface area contributed by atoms with E-state index in [1.54, 1.807) is 0 Å². The lowest BCUT2D eigenvalue weighted by molar-refractivity contribution is 0.205. The maximum atomic E-state index is 6.28. The van der Waals surface area contributed by atoms with E-state index < -0.39 is 0 Å². The van der Waals surface area contributed by atoms with Gasteiger partial charge in [0.1, 0.15) is 5.76 Å². The Hall–Kier alpha value is -2.42. The first-order valence-corrected chi connectivity index (χ1v) is 14.7. The first-order chi connectivity index (χ1) is 17.7. The minimum Gasteiger partial charge on any atom is -0.494 e. The lowest BCUT2D eigenvalue weighted by atomic mass is 9.84. The number of hydrogen-bond acceptors (Lipinski definition) is 3. The SMILES string of the molecule is CCCCCCCCOC1=CC2C(C=C1)C1C=CN(CCCC)C(C)=C1N2CCCc1ccccc1. The van der Waals surface area contributed by atoms with Gasteiger partial charge in [-0.05, 0) is 50.3 Å². The van der Waals surface area contributed by atoms with Crippen molar-refractivity contribution in [3.05, 3.63) is 83.6 Å². The molecule has 1 aliphatic carbocycles. The molecule has 0 amide bonds. The predicted octanol–water partition coefficient (Wildman–Crippen LogP) is 8.23. The number of rotatable bonds is 15. The van der Waals surface area contributed by atoms with Crippen molar-refractivity contribution in [1.29, 1.82) is 0 Å². The zero-order chi connectivity index (χ0) is 25.2. The van der Waals surface area contributed by atoms with Crippen LogP contribution in [0.5, 0.6) is 0 Å². The van der Waals surface area contributed by atoms with Gasteiger partial charge < -0.3 is 14.5 Å². The van der Waals surface area contributed by atoms with Crippen LogP contribution in [0.1, 0.15) is 84.1 Å². The third-order valence-electron chi connectivity index (χ3n) is 8.11. The Bertz CT molecular complexity index is 928. The van der Waals surface area contributed by atoms with Gasteiger partial charge in [-0.2, -0.15) is 0 Å². The number of hydrogen-bond donors (Lipinski definition) is 0. The zero-order valence-electron chi connectivity index (χ0n) is 23.0. The van der Waals surface area contributed by atoms with Crippen molar-refractivity contribution in [3.8, 4) is 0 Å². The molecule has 2 heterocycles. The molecule has 1 saturated heterocycles. The summed E-state index contributed by atoms with van der Waals surface area (Å²) in [6.45, 7) is 9.93. The van der Waals surface area contributed by atoms with E-state index in [1.165, 1.54) is 68.3 Å². The minimum absolute atomic E-state index is 0.385. The smallest absolute Gasteiger partial charge is 0.117 e. The fourth-order valence-corrected chi connectivity index (χ4v) is 6.05. The fraction of sp³-hybridized carbons (Fsp3) is 0.576. The number of ether oxygens (including phenoxy) is 1. The van der Waals surface area contributed by atoms with Crippen molar-refractivity contribution in [2.24, 2.45) is 11.8 Å². The Kier molecular flexibility index (Phi) is 10.2. The van der Waals surface area contributed by atoms with Gasteiger partial charge in [0.25, 0.3) is 0 Å². The Morgan fingerprint density at radius 3 is 2.42 bits per heavy atom. The molecule has 3 aliphatic rings. The van der Waals surface area contributed by atoms with Gasteiger partial charge in [-0.15, -0.1) is 0 Å². The quantitative estimate of drug-likeness (QED) is 0.231. The van der Waals surface area contributed by atoms with E-state index in [-0.39, 0.29) is 0 Å². The van der Waals surface area contributed by atoms with Crippen molar-refractivity contribution in [3.63, 3.8) is 0 Å². The van der Waals surface area contributed by atoms with Crippen LogP contribution in [0.15, 0.2) is 78.0 Å². The molecule has 3 nitrogen and oxygen atoms in total. The van der Waals surface area contributed by atoms with Crippen molar-refractivity contribution in [2.75, 3.05) is 19.7 Å². The largest absolute Gasteiger partial charge is 0.494 e. The van der Waals surface area contributed by atoms with E-state index in [9.17, 15) is 0 Å². The second-order valence-corrected chi connectivity index (χ2v) is 10.8. The van der Waals surface area contributed by atoms with Gasteiger partial charge in [-0.25, -0.2) is 0 Å². The number of fused-ring (bicyclic) bond motifs is 3. The summed E-state index contributed by atoms with van der Waals surface area (Å²) < 4.78 is 6.28. The molecule has 0 aromatic heterocycles. The van der Waals surface area contributed by atoms with Crippen LogP contribution >= 0.6 is 0 Å². The highest BCUT2D eigenvalue weighted by molar-refractivity contribution is 5.38. The molecule has 3 atom stereocenters. The molecule has 0 spiro atoms. The highest BCUT2D eigenvalue weighted by Gasteiger charge is 2.45. The molecule has 36 heavy (non-hydrogen) atoms. The Balaban J connectivity index is 1.44. The Morgan fingerprint density at radius 1 is 0.833 bits per heavy atom. The summed E-state index contributed by atoms with van der Waals surface area (Å²) in [6.07, 6.45) is 24.5. The lowest BCUT2D eigenvalue weighted by Crippen LogP contribution is -2.34. The van der Waals surface area contributed by atoms with E-state index in [0.29, 0.717) is 17.9 Å². The van der Waals surface area contributed by atoms with Crippen molar-refractivity contribution in [2.45, 2.75) is 91.0 Å². The van der Waals surface area contributed by atoms with Crippen molar-refractivity contribution < 1.29 is 4.74 Å². The summed E-state index contributed by atoms with van der Waals surface area (Å²) in [5, 5.41) is 0. The summed E-state index contributed by atoms with van der Waals surface area (Å²) in [6, 6.07) is 11.3. The maximum Gasteiger partial charge on any atom is 0.117 e. The van der Waals surface area contributed by atoms with Crippen LogP contribution < -0.4 is 0 Å². The highest BCUT2D eigenvalue weighted by Crippen LogP contribution is 2.46. The molecule has 1 aromatic carbocycles. The van der Waals surface area contributed by atoms with Gasteiger partial charge in [-0.1, -0.05) is 94.9 Å². The molecule has 1 aromatic rings. The summed E-state index contributed by atoms with van der Waals surface area (Å²) >= 11 is 0. The van der Waals surface area contributed by atoms with E-state index in [4.69, 9.17) is 4.74 Å². The van der Waals surface area contributed by atoms with Crippen LogP contribution in [0.4, 0.5) is 0 Å². The molecular formula is C33H48N2O. The standard InChI is InChI=1S/C33H48N2O/c1-4-6-8-9-10-14-25-36-29-19-20-30-31-21-24-34(22-7-5-2)27(3)33(31)35(32(30)26-29)23-15-18-28-16-12-11-13-17-28/h11-13,16-17,19-21,24,26,30-32H,4-10,14-15,18,22-23,25H2,1-3H3. The second-order valence-electron chi connectivity index (χ2n) is 10.8. The van der Waals surface area contributed by atoms with E-state index in [2.05, 4.69) is 91.4 Å². The Morgan fingerprint density at radius 2 is 1.61 bits per heavy atom. The lowest BCUT2D eigenvalue weighted by Gasteiger charge is -2.34. The van der Waals surface area contributed by atoms with Gasteiger partial charge in [0.05, 0.1) is 12.6 Å². The summed E-state index contributed by atoms with van der Waals surface area (Å²) in [5.74, 6) is 2.04. The zero-order valence-corrected chi connectivity index (χ0v) is 23.0. The van der Waals surface area contributed by atoms with Gasteiger partial charge in [0.15, 0.2) is 0 Å². The maximum absolute atomic E-state index is 6.28. The number of allylic oxidation sites excluding steroid dienone is 3. The number of benzene rings is 1. The van der Waals surface area contributed by atoms with Gasteiger partial charge in [0, 0.05) is 42.5 Å². The van der Waals surface area contributed by atoms with Crippen LogP contribution in [-0.4, -0.2) is 35.5 Å². The predicted molar refractivity (Wildman–Crippen MR) is 152 cm³/mol. The summed E-state index contributed by atoms with van der Waals surface area (Å²) in [7, 11) is 0. The van der Waals surface area contributed by atoms with Gasteiger partial charge in [0.2, 0.25) is 0 Å². The normalized spacial score (nSPS) is 22.6. The second kappa shape index (κ2) is 13.8. The molecule has 0 saturated carbocycles. The van der Waals surface area contributed by atoms with Crippen molar-refractivity contribution >= 4 is 0 Å². The molecule has 0 bridgehead atoms. The highest BCUT2D eigenvalue weighted by atomic mass is 16.5. The average molecular weight is 489 g/mol. The van der Waals surface area contributed by atoms with Crippen LogP contribution in [0, 0.1) is 11.8 Å². The molecule has 196 valence electrons. The molecule has 0 radical (unpaired) electrons. The average Bonchev–Trinajstić information content (AvgIpc) is 3.22. The third-order valence-corrected chi connectivity index (χ3v) is 8.11. The van der Waals surface area contributed by atoms with E-state index in [0.717, 1.165) is 38.3 Å². The first-order valence-electron chi connectivity index (χ1n) is 14.7. The first kappa shape index (κ1) is 26.6. The number of likely N-dealkylation sites (tertiary alicyclic amines) is 1. The molecule has 0 N–H and O–H groups in total. The number of aryl methyl sites for hydroxylation is 1. The fourth-order valence-electron chi connectivity index (χ4n) is 6.05. The Labute approximate surface area is 220 Å². The molecule has 2 aliphatic heterocycles. The van der Waals surface area contributed by atoms with Gasteiger partial charge >= 0.3 is 0 Å². The third kappa shape index (κ3) is 6.66.